The Morgan fingerprint density at radius 3 is 2.09 bits per heavy atom. The van der Waals surface area contributed by atoms with Crippen LogP contribution in [0.5, 0.6) is 5.75 Å². The van der Waals surface area contributed by atoms with E-state index in [0.29, 0.717) is 17.0 Å². The lowest BCUT2D eigenvalue weighted by atomic mass is 9.48. The van der Waals surface area contributed by atoms with Crippen LogP contribution in [-0.4, -0.2) is 17.8 Å². The summed E-state index contributed by atoms with van der Waals surface area (Å²) in [5.41, 5.74) is 3.10. The van der Waals surface area contributed by atoms with E-state index in [9.17, 15) is 14.4 Å². The van der Waals surface area contributed by atoms with Gasteiger partial charge in [0, 0.05) is 0 Å². The molecule has 6 nitrogen and oxygen atoms in total. The zero-order chi connectivity index (χ0) is 31.6. The number of carbonyl (C=O) groups excluding carboxylic acids is 3. The molecule has 1 heterocycles. The summed E-state index contributed by atoms with van der Waals surface area (Å²) in [5, 5.41) is 5.01. The highest BCUT2D eigenvalue weighted by Gasteiger charge is 2.51. The molecule has 5 fully saturated rings. The van der Waals surface area contributed by atoms with Gasteiger partial charge in [0.05, 0.1) is 15.7 Å². The number of barbiturate groups is 1. The van der Waals surface area contributed by atoms with Gasteiger partial charge >= 0.3 is 6.03 Å². The third-order valence-corrected chi connectivity index (χ3v) is 11.0. The maximum Gasteiger partial charge on any atom is 0.335 e. The topological polar surface area (TPSA) is 75.7 Å². The number of ether oxygens (including phenoxy) is 1. The molecule has 0 radical (unpaired) electrons. The Morgan fingerprint density at radius 1 is 0.804 bits per heavy atom. The van der Waals surface area contributed by atoms with Crippen LogP contribution < -0.4 is 15.0 Å². The third kappa shape index (κ3) is 5.18. The molecule has 4 aromatic rings. The molecule has 0 atom stereocenters. The van der Waals surface area contributed by atoms with Gasteiger partial charge in [-0.2, -0.15) is 0 Å². The van der Waals surface area contributed by atoms with Crippen LogP contribution in [0, 0.1) is 17.8 Å². The summed E-state index contributed by atoms with van der Waals surface area (Å²) in [4.78, 5) is 40.4. The largest absolute Gasteiger partial charge is 0.486 e. The molecule has 1 aliphatic heterocycles. The molecule has 46 heavy (non-hydrogen) atoms. The van der Waals surface area contributed by atoms with Crippen molar-refractivity contribution in [2.75, 3.05) is 4.90 Å². The van der Waals surface area contributed by atoms with Crippen molar-refractivity contribution in [2.45, 2.75) is 50.5 Å². The molecule has 9 rings (SSSR count). The lowest BCUT2D eigenvalue weighted by Crippen LogP contribution is -2.54. The molecule has 1 N–H and O–H groups in total. The molecule has 0 aromatic heterocycles. The average Bonchev–Trinajstić information content (AvgIpc) is 3.02. The van der Waals surface area contributed by atoms with Crippen LogP contribution in [0.3, 0.4) is 0 Å². The Bertz CT molecular complexity index is 1890. The van der Waals surface area contributed by atoms with Gasteiger partial charge in [-0.1, -0.05) is 71.7 Å². The molecule has 5 aliphatic rings. The lowest BCUT2D eigenvalue weighted by molar-refractivity contribution is -0.122. The average molecular weight is 652 g/mol. The number of hydrogen-bond donors (Lipinski definition) is 1. The van der Waals surface area contributed by atoms with Crippen LogP contribution in [0.15, 0.2) is 84.4 Å². The van der Waals surface area contributed by atoms with Gasteiger partial charge in [0.1, 0.15) is 12.2 Å². The van der Waals surface area contributed by atoms with E-state index in [2.05, 4.69) is 17.4 Å². The zero-order valence-corrected chi connectivity index (χ0v) is 26.6. The Kier molecular flexibility index (Phi) is 7.18. The first-order valence-electron chi connectivity index (χ1n) is 15.9. The smallest absolute Gasteiger partial charge is 0.335 e. The SMILES string of the molecule is O=C1NC(=O)N(c2ccc(C34CC5CC(CC(C5)C3)C4)cc2)C(=O)/C1=C/c1cc(Cl)c(OCc2ccc3ccccc3c2)c(Cl)c1. The molecule has 0 spiro atoms. The van der Waals surface area contributed by atoms with E-state index in [0.717, 1.165) is 39.0 Å². The quantitative estimate of drug-likeness (QED) is 0.167. The standard InChI is InChI=1S/C38H32Cl2N2O4/c39-32-16-23(17-33(40)34(32)46-21-22-5-6-27-3-1-2-4-28(27)14-22)15-31-35(43)41-37(45)42(36(31)44)30-9-7-29(8-10-30)38-18-24-11-25(19-38)13-26(12-24)20-38/h1-10,14-17,24-26H,11-13,18-21H2,(H,41,43,45)/b31-15+. The number of hydrogen-bond acceptors (Lipinski definition) is 4. The maximum atomic E-state index is 13.6. The first-order valence-corrected chi connectivity index (χ1v) is 16.6. The summed E-state index contributed by atoms with van der Waals surface area (Å²) in [6.45, 7) is 0.254. The molecule has 4 aromatic carbocycles. The van der Waals surface area contributed by atoms with Crippen LogP contribution in [0.1, 0.15) is 55.2 Å². The summed E-state index contributed by atoms with van der Waals surface area (Å²) in [5.74, 6) is 1.25. The molecule has 4 aliphatic carbocycles. The van der Waals surface area contributed by atoms with E-state index in [1.165, 1.54) is 50.2 Å². The molecule has 232 valence electrons. The Morgan fingerprint density at radius 2 is 1.43 bits per heavy atom. The van der Waals surface area contributed by atoms with Gasteiger partial charge in [-0.25, -0.2) is 9.69 Å². The third-order valence-electron chi connectivity index (χ3n) is 10.4. The van der Waals surface area contributed by atoms with Gasteiger partial charge in [0.15, 0.2) is 5.75 Å². The van der Waals surface area contributed by atoms with Crippen molar-refractivity contribution in [3.05, 3.63) is 111 Å². The first-order chi connectivity index (χ1) is 22.2. The van der Waals surface area contributed by atoms with Crippen molar-refractivity contribution in [1.82, 2.24) is 5.32 Å². The van der Waals surface area contributed by atoms with E-state index in [1.54, 1.807) is 12.1 Å². The Labute approximate surface area is 277 Å². The Balaban J connectivity index is 1.01. The molecule has 8 heteroatoms. The fraction of sp³-hybridized carbons (Fsp3) is 0.289. The number of amides is 4. The number of fused-ring (bicyclic) bond motifs is 1. The lowest BCUT2D eigenvalue weighted by Gasteiger charge is -2.57. The number of halogens is 2. The van der Waals surface area contributed by atoms with Crippen molar-refractivity contribution in [3.8, 4) is 5.75 Å². The highest BCUT2D eigenvalue weighted by molar-refractivity contribution is 6.40. The monoisotopic (exact) mass is 650 g/mol. The van der Waals surface area contributed by atoms with E-state index in [-0.39, 0.29) is 27.6 Å². The highest BCUT2D eigenvalue weighted by Crippen LogP contribution is 2.60. The van der Waals surface area contributed by atoms with Crippen molar-refractivity contribution < 1.29 is 19.1 Å². The van der Waals surface area contributed by atoms with Gasteiger partial charge in [0.2, 0.25) is 0 Å². The highest BCUT2D eigenvalue weighted by atomic mass is 35.5. The van der Waals surface area contributed by atoms with Crippen LogP contribution >= 0.6 is 23.2 Å². The second-order valence-corrected chi connectivity index (χ2v) is 14.3. The van der Waals surface area contributed by atoms with Crippen LogP contribution in [0.25, 0.3) is 16.8 Å². The van der Waals surface area contributed by atoms with Gasteiger partial charge < -0.3 is 4.74 Å². The molecule has 4 saturated carbocycles. The number of urea groups is 1. The molecule has 0 unspecified atom stereocenters. The van der Waals surface area contributed by atoms with Crippen LogP contribution in [-0.2, 0) is 21.6 Å². The van der Waals surface area contributed by atoms with Gasteiger partial charge in [-0.05, 0) is 126 Å². The van der Waals surface area contributed by atoms with Crippen molar-refractivity contribution in [1.29, 1.82) is 0 Å². The normalized spacial score (nSPS) is 26.2. The molecule has 4 amide bonds. The Hall–Kier alpha value is -4.13. The molecular weight excluding hydrogens is 619 g/mol. The summed E-state index contributed by atoms with van der Waals surface area (Å²) < 4.78 is 5.98. The number of benzene rings is 4. The minimum Gasteiger partial charge on any atom is -0.486 e. The second-order valence-electron chi connectivity index (χ2n) is 13.5. The van der Waals surface area contributed by atoms with Crippen molar-refractivity contribution in [3.63, 3.8) is 0 Å². The summed E-state index contributed by atoms with van der Waals surface area (Å²) in [6, 6.07) is 24.3. The summed E-state index contributed by atoms with van der Waals surface area (Å²) in [6.07, 6.45) is 9.15. The number of rotatable bonds is 6. The van der Waals surface area contributed by atoms with E-state index < -0.39 is 17.8 Å². The van der Waals surface area contributed by atoms with Crippen molar-refractivity contribution >= 4 is 63.6 Å². The number of carbonyl (C=O) groups is 3. The number of anilines is 1. The van der Waals surface area contributed by atoms with E-state index in [4.69, 9.17) is 27.9 Å². The van der Waals surface area contributed by atoms with E-state index >= 15 is 0 Å². The summed E-state index contributed by atoms with van der Waals surface area (Å²) >= 11 is 13.1. The fourth-order valence-electron chi connectivity index (χ4n) is 8.77. The molecular formula is C38H32Cl2N2O4. The predicted octanol–water partition coefficient (Wildman–Crippen LogP) is 8.86. The second kappa shape index (κ2) is 11.3. The van der Waals surface area contributed by atoms with Gasteiger partial charge in [-0.3, -0.25) is 14.9 Å². The van der Waals surface area contributed by atoms with Gasteiger partial charge in [0.25, 0.3) is 11.8 Å². The number of imide groups is 2. The predicted molar refractivity (Wildman–Crippen MR) is 180 cm³/mol. The van der Waals surface area contributed by atoms with Crippen molar-refractivity contribution in [2.24, 2.45) is 17.8 Å². The molecule has 4 bridgehead atoms. The summed E-state index contributed by atoms with van der Waals surface area (Å²) in [7, 11) is 0. The maximum absolute atomic E-state index is 13.6. The molecule has 1 saturated heterocycles. The zero-order valence-electron chi connectivity index (χ0n) is 25.1. The first kappa shape index (κ1) is 29.3. The number of nitrogens with one attached hydrogen (secondary N) is 1. The van der Waals surface area contributed by atoms with Crippen LogP contribution in [0.2, 0.25) is 10.0 Å². The fourth-order valence-corrected chi connectivity index (χ4v) is 9.38. The minimum absolute atomic E-state index is 0.193. The van der Waals surface area contributed by atoms with Gasteiger partial charge in [-0.15, -0.1) is 0 Å². The van der Waals surface area contributed by atoms with Crippen LogP contribution in [0.4, 0.5) is 10.5 Å². The number of nitrogens with zero attached hydrogens (tertiary/aromatic N) is 1. The minimum atomic E-state index is -0.777. The van der Waals surface area contributed by atoms with E-state index in [1.807, 2.05) is 54.6 Å².